The molecule has 0 bridgehead atoms. The SMILES string of the molecule is CCn1cc(CN2CCN(S(=O)(=O)c3ccc(C)cc3C)CC2)c(C)n1. The lowest BCUT2D eigenvalue weighted by atomic mass is 10.2. The summed E-state index contributed by atoms with van der Waals surface area (Å²) in [5.74, 6) is 0. The fourth-order valence-electron chi connectivity index (χ4n) is 3.47. The molecule has 1 aliphatic heterocycles. The Kier molecular flexibility index (Phi) is 5.50. The highest BCUT2D eigenvalue weighted by atomic mass is 32.2. The Morgan fingerprint density at radius 1 is 1.08 bits per heavy atom. The molecule has 0 saturated carbocycles. The van der Waals surface area contributed by atoms with Crippen LogP contribution < -0.4 is 0 Å². The van der Waals surface area contributed by atoms with Crippen molar-refractivity contribution in [3.05, 3.63) is 46.8 Å². The molecule has 0 spiro atoms. The highest BCUT2D eigenvalue weighted by Crippen LogP contribution is 2.22. The Bertz CT molecular complexity index is 881. The Labute approximate surface area is 156 Å². The summed E-state index contributed by atoms with van der Waals surface area (Å²) in [6.07, 6.45) is 2.09. The number of hydrogen-bond acceptors (Lipinski definition) is 4. The zero-order valence-corrected chi connectivity index (χ0v) is 16.9. The number of aryl methyl sites for hydroxylation is 4. The number of hydrogen-bond donors (Lipinski definition) is 0. The second kappa shape index (κ2) is 7.50. The van der Waals surface area contributed by atoms with E-state index in [-0.39, 0.29) is 0 Å². The highest BCUT2D eigenvalue weighted by molar-refractivity contribution is 7.89. The van der Waals surface area contributed by atoms with Crippen molar-refractivity contribution in [1.82, 2.24) is 19.0 Å². The van der Waals surface area contributed by atoms with E-state index in [1.165, 1.54) is 5.56 Å². The van der Waals surface area contributed by atoms with Gasteiger partial charge in [-0.2, -0.15) is 9.40 Å². The molecule has 0 atom stereocenters. The average Bonchev–Trinajstić information content (AvgIpc) is 2.95. The maximum atomic E-state index is 13.0. The summed E-state index contributed by atoms with van der Waals surface area (Å²) in [6.45, 7) is 12.2. The number of piperazine rings is 1. The molecule has 1 aliphatic rings. The minimum Gasteiger partial charge on any atom is -0.296 e. The van der Waals surface area contributed by atoms with E-state index in [1.807, 2.05) is 37.6 Å². The van der Waals surface area contributed by atoms with Crippen LogP contribution in [0.5, 0.6) is 0 Å². The van der Waals surface area contributed by atoms with Gasteiger partial charge in [-0.3, -0.25) is 9.58 Å². The first kappa shape index (κ1) is 19.1. The number of aromatic nitrogens is 2. The molecule has 2 heterocycles. The molecular weight excluding hydrogens is 348 g/mol. The van der Waals surface area contributed by atoms with Crippen molar-refractivity contribution in [3.8, 4) is 0 Å². The average molecular weight is 377 g/mol. The van der Waals surface area contributed by atoms with E-state index >= 15 is 0 Å². The third-order valence-electron chi connectivity index (χ3n) is 5.05. The van der Waals surface area contributed by atoms with E-state index in [2.05, 4.69) is 23.1 Å². The summed E-state index contributed by atoms with van der Waals surface area (Å²) in [5.41, 5.74) is 4.17. The number of benzene rings is 1. The van der Waals surface area contributed by atoms with Gasteiger partial charge in [0.2, 0.25) is 10.0 Å². The van der Waals surface area contributed by atoms with E-state index in [1.54, 1.807) is 10.4 Å². The van der Waals surface area contributed by atoms with Gasteiger partial charge in [0, 0.05) is 51.0 Å². The fraction of sp³-hybridized carbons (Fsp3) is 0.526. The molecule has 6 nitrogen and oxygen atoms in total. The van der Waals surface area contributed by atoms with Gasteiger partial charge in [-0.25, -0.2) is 8.42 Å². The molecule has 7 heteroatoms. The van der Waals surface area contributed by atoms with Crippen LogP contribution in [0.25, 0.3) is 0 Å². The summed E-state index contributed by atoms with van der Waals surface area (Å²) in [5, 5.41) is 4.49. The topological polar surface area (TPSA) is 58.4 Å². The molecule has 1 aromatic heterocycles. The summed E-state index contributed by atoms with van der Waals surface area (Å²) in [7, 11) is -3.42. The zero-order valence-electron chi connectivity index (χ0n) is 16.1. The minimum atomic E-state index is -3.42. The van der Waals surface area contributed by atoms with Gasteiger partial charge in [-0.05, 0) is 39.3 Å². The van der Waals surface area contributed by atoms with Crippen molar-refractivity contribution in [2.75, 3.05) is 26.2 Å². The van der Waals surface area contributed by atoms with Crippen LogP contribution in [0.4, 0.5) is 0 Å². The quantitative estimate of drug-likeness (QED) is 0.804. The predicted molar refractivity (Wildman–Crippen MR) is 103 cm³/mol. The van der Waals surface area contributed by atoms with Crippen molar-refractivity contribution in [3.63, 3.8) is 0 Å². The van der Waals surface area contributed by atoms with Crippen molar-refractivity contribution >= 4 is 10.0 Å². The molecule has 0 aliphatic carbocycles. The summed E-state index contributed by atoms with van der Waals surface area (Å²) in [4.78, 5) is 2.73. The van der Waals surface area contributed by atoms with Crippen LogP contribution >= 0.6 is 0 Å². The molecule has 1 fully saturated rings. The highest BCUT2D eigenvalue weighted by Gasteiger charge is 2.29. The molecule has 1 aromatic carbocycles. The van der Waals surface area contributed by atoms with E-state index in [0.717, 1.165) is 43.0 Å². The minimum absolute atomic E-state index is 0.427. The summed E-state index contributed by atoms with van der Waals surface area (Å²) >= 11 is 0. The number of rotatable bonds is 5. The van der Waals surface area contributed by atoms with Crippen LogP contribution in [0.3, 0.4) is 0 Å². The van der Waals surface area contributed by atoms with Gasteiger partial charge in [-0.15, -0.1) is 0 Å². The van der Waals surface area contributed by atoms with E-state index in [4.69, 9.17) is 0 Å². The van der Waals surface area contributed by atoms with Gasteiger partial charge < -0.3 is 0 Å². The third kappa shape index (κ3) is 3.84. The van der Waals surface area contributed by atoms with E-state index < -0.39 is 10.0 Å². The molecule has 0 amide bonds. The van der Waals surface area contributed by atoms with Crippen molar-refractivity contribution in [1.29, 1.82) is 0 Å². The van der Waals surface area contributed by atoms with Gasteiger partial charge in [0.05, 0.1) is 10.6 Å². The molecule has 1 saturated heterocycles. The van der Waals surface area contributed by atoms with Crippen LogP contribution in [0.1, 0.15) is 29.3 Å². The molecule has 26 heavy (non-hydrogen) atoms. The lowest BCUT2D eigenvalue weighted by Crippen LogP contribution is -2.48. The third-order valence-corrected chi connectivity index (χ3v) is 7.10. The van der Waals surface area contributed by atoms with E-state index in [0.29, 0.717) is 18.0 Å². The van der Waals surface area contributed by atoms with Gasteiger partial charge in [0.15, 0.2) is 0 Å². The molecule has 0 radical (unpaired) electrons. The number of sulfonamides is 1. The Balaban J connectivity index is 1.66. The zero-order chi connectivity index (χ0) is 18.9. The smallest absolute Gasteiger partial charge is 0.243 e. The maximum Gasteiger partial charge on any atom is 0.243 e. The lowest BCUT2D eigenvalue weighted by molar-refractivity contribution is 0.181. The first-order chi connectivity index (χ1) is 12.3. The molecule has 2 aromatic rings. The van der Waals surface area contributed by atoms with Crippen LogP contribution in [0, 0.1) is 20.8 Å². The molecule has 0 unspecified atom stereocenters. The Morgan fingerprint density at radius 2 is 1.77 bits per heavy atom. The summed E-state index contributed by atoms with van der Waals surface area (Å²) in [6, 6.07) is 5.52. The van der Waals surface area contributed by atoms with Crippen LogP contribution in [-0.4, -0.2) is 53.6 Å². The van der Waals surface area contributed by atoms with Gasteiger partial charge >= 0.3 is 0 Å². The van der Waals surface area contributed by atoms with Gasteiger partial charge in [-0.1, -0.05) is 17.7 Å². The molecule has 0 N–H and O–H groups in total. The fourth-order valence-corrected chi connectivity index (χ4v) is 5.10. The molecular formula is C19H28N4O2S. The second-order valence-electron chi connectivity index (χ2n) is 7.04. The number of nitrogens with zero attached hydrogens (tertiary/aromatic N) is 4. The predicted octanol–water partition coefficient (Wildman–Crippen LogP) is 2.33. The lowest BCUT2D eigenvalue weighted by Gasteiger charge is -2.34. The van der Waals surface area contributed by atoms with Crippen molar-refractivity contribution in [2.45, 2.75) is 45.7 Å². The van der Waals surface area contributed by atoms with Gasteiger partial charge in [0.1, 0.15) is 0 Å². The van der Waals surface area contributed by atoms with E-state index in [9.17, 15) is 8.42 Å². The standard InChI is InChI=1S/C19H28N4O2S/c1-5-22-14-18(17(4)20-22)13-21-8-10-23(11-9-21)26(24,25)19-7-6-15(2)12-16(19)3/h6-7,12,14H,5,8-11,13H2,1-4H3. The molecule has 142 valence electrons. The Hall–Kier alpha value is -1.70. The second-order valence-corrected chi connectivity index (χ2v) is 8.95. The first-order valence-corrected chi connectivity index (χ1v) is 10.6. The Morgan fingerprint density at radius 3 is 2.35 bits per heavy atom. The normalized spacial score (nSPS) is 16.9. The first-order valence-electron chi connectivity index (χ1n) is 9.14. The van der Waals surface area contributed by atoms with Crippen LogP contribution in [0.15, 0.2) is 29.3 Å². The summed E-state index contributed by atoms with van der Waals surface area (Å²) < 4.78 is 29.5. The maximum absolute atomic E-state index is 13.0. The largest absolute Gasteiger partial charge is 0.296 e. The molecule has 3 rings (SSSR count). The van der Waals surface area contributed by atoms with Crippen LogP contribution in [0.2, 0.25) is 0 Å². The van der Waals surface area contributed by atoms with Crippen LogP contribution in [-0.2, 0) is 23.1 Å². The van der Waals surface area contributed by atoms with Crippen molar-refractivity contribution < 1.29 is 8.42 Å². The van der Waals surface area contributed by atoms with Gasteiger partial charge in [0.25, 0.3) is 0 Å². The van der Waals surface area contributed by atoms with Crippen molar-refractivity contribution in [2.24, 2.45) is 0 Å². The monoisotopic (exact) mass is 376 g/mol.